The maximum Gasteiger partial charge on any atom is 0.326 e. The van der Waals surface area contributed by atoms with Crippen molar-refractivity contribution >= 4 is 70.3 Å². The van der Waals surface area contributed by atoms with Gasteiger partial charge in [0.15, 0.2) is 0 Å². The van der Waals surface area contributed by atoms with Crippen molar-refractivity contribution in [1.82, 2.24) is 47.0 Å². The maximum atomic E-state index is 13.8. The number of rotatable bonds is 36. The van der Waals surface area contributed by atoms with Crippen molar-refractivity contribution in [3.8, 4) is 0 Å². The second kappa shape index (κ2) is 32.1. The molecule has 0 aliphatic heterocycles. The summed E-state index contributed by atoms with van der Waals surface area (Å²) in [6, 6.07) is 8.40. The molecule has 0 spiro atoms. The van der Waals surface area contributed by atoms with E-state index >= 15 is 0 Å². The number of carboxylic acid groups (broad SMARTS) is 6. The van der Waals surface area contributed by atoms with Gasteiger partial charge in [0, 0.05) is 71.1 Å². The molecule has 5 amide bonds. The summed E-state index contributed by atoms with van der Waals surface area (Å²) < 4.78 is 0. The summed E-state index contributed by atoms with van der Waals surface area (Å²) in [5, 5.41) is 75.5. The molecule has 25 nitrogen and oxygen atoms in total. The minimum absolute atomic E-state index is 0.0560. The van der Waals surface area contributed by atoms with Crippen molar-refractivity contribution in [2.75, 3.05) is 78.5 Å². The summed E-state index contributed by atoms with van der Waals surface area (Å²) in [6.45, 7) is 0.986. The van der Waals surface area contributed by atoms with Crippen LogP contribution in [0.2, 0.25) is 0 Å². The molecular weight excluding hydrogens is 947 g/mol. The van der Waals surface area contributed by atoms with Crippen LogP contribution in [0.1, 0.15) is 63.4 Å². The van der Waals surface area contributed by atoms with Crippen LogP contribution in [0.4, 0.5) is 4.79 Å². The number of hydrogen-bond donors (Lipinski definition) is 13. The lowest BCUT2D eigenvalue weighted by Gasteiger charge is -2.30. The summed E-state index contributed by atoms with van der Waals surface area (Å²) >= 11 is 0. The zero-order valence-corrected chi connectivity index (χ0v) is 40.1. The minimum atomic E-state index is -1.55. The highest BCUT2D eigenvalue weighted by Crippen LogP contribution is 2.29. The number of aliphatic carboxylic acids is 6. The molecule has 398 valence electrons. The lowest BCUT2D eigenvalue weighted by atomic mass is 9.81. The Morgan fingerprint density at radius 3 is 1.72 bits per heavy atom. The first-order valence-corrected chi connectivity index (χ1v) is 23.9. The molecule has 1 unspecified atom stereocenters. The lowest BCUT2D eigenvalue weighted by Crippen LogP contribution is -2.51. The summed E-state index contributed by atoms with van der Waals surface area (Å²) in [6.07, 6.45) is 1.87. The van der Waals surface area contributed by atoms with E-state index in [1.54, 1.807) is 9.80 Å². The Morgan fingerprint density at radius 2 is 1.15 bits per heavy atom. The van der Waals surface area contributed by atoms with Crippen LogP contribution < -0.4 is 37.2 Å². The van der Waals surface area contributed by atoms with Gasteiger partial charge in [-0.15, -0.1) is 0 Å². The van der Waals surface area contributed by atoms with Crippen LogP contribution in [0.15, 0.2) is 42.5 Å². The van der Waals surface area contributed by atoms with Gasteiger partial charge >= 0.3 is 41.8 Å². The van der Waals surface area contributed by atoms with Crippen LogP contribution in [0.25, 0.3) is 10.8 Å². The van der Waals surface area contributed by atoms with Crippen LogP contribution >= 0.6 is 0 Å². The third kappa shape index (κ3) is 24.2. The summed E-state index contributed by atoms with van der Waals surface area (Å²) in [5.74, 6) is -8.74. The molecule has 0 radical (unpaired) electrons. The van der Waals surface area contributed by atoms with Crippen molar-refractivity contribution in [2.45, 2.75) is 82.3 Å². The molecule has 1 aliphatic carbocycles. The van der Waals surface area contributed by atoms with E-state index in [0.29, 0.717) is 32.2 Å². The highest BCUT2D eigenvalue weighted by Gasteiger charge is 2.31. The van der Waals surface area contributed by atoms with Crippen LogP contribution in [0.5, 0.6) is 0 Å². The zero-order chi connectivity index (χ0) is 53.0. The van der Waals surface area contributed by atoms with Crippen molar-refractivity contribution in [1.29, 1.82) is 0 Å². The number of unbranched alkanes of at least 4 members (excludes halogenated alkanes) is 1. The number of amides is 5. The number of carboxylic acids is 6. The normalized spacial score (nSPS) is 15.7. The second-order valence-corrected chi connectivity index (χ2v) is 17.7. The molecule has 0 aromatic heterocycles. The molecule has 2 aromatic rings. The molecule has 0 bridgehead atoms. The Labute approximate surface area is 415 Å². The summed E-state index contributed by atoms with van der Waals surface area (Å²) in [7, 11) is 0. The van der Waals surface area contributed by atoms with E-state index in [4.69, 9.17) is 15.3 Å². The van der Waals surface area contributed by atoms with Gasteiger partial charge in [-0.2, -0.15) is 0 Å². The first kappa shape index (κ1) is 59.3. The molecule has 72 heavy (non-hydrogen) atoms. The van der Waals surface area contributed by atoms with Crippen molar-refractivity contribution in [3.05, 3.63) is 48.0 Å². The fourth-order valence-electron chi connectivity index (χ4n) is 8.07. The van der Waals surface area contributed by atoms with E-state index in [1.807, 2.05) is 42.5 Å². The smallest absolute Gasteiger partial charge is 0.326 e. The fraction of sp³-hybridized carbons (Fsp3) is 0.574. The number of benzene rings is 2. The number of nitrogens with zero attached hydrogens (tertiary/aromatic N) is 2. The molecule has 3 atom stereocenters. The van der Waals surface area contributed by atoms with E-state index < -0.39 is 84.6 Å². The van der Waals surface area contributed by atoms with E-state index in [0.717, 1.165) is 16.3 Å². The predicted octanol–water partition coefficient (Wildman–Crippen LogP) is -0.816. The lowest BCUT2D eigenvalue weighted by molar-refractivity contribution is -0.141. The Balaban J connectivity index is 1.55. The Hall–Kier alpha value is -6.96. The predicted molar refractivity (Wildman–Crippen MR) is 258 cm³/mol. The largest absolute Gasteiger partial charge is 0.481 e. The van der Waals surface area contributed by atoms with Gasteiger partial charge in [-0.1, -0.05) is 42.5 Å². The van der Waals surface area contributed by atoms with E-state index in [-0.39, 0.29) is 115 Å². The number of carbonyl (C=O) groups excluding carboxylic acids is 4. The molecule has 0 heterocycles. The number of hydrogen-bond acceptors (Lipinski definition) is 14. The van der Waals surface area contributed by atoms with Crippen LogP contribution in [0.3, 0.4) is 0 Å². The summed E-state index contributed by atoms with van der Waals surface area (Å²) in [4.78, 5) is 124. The second-order valence-electron chi connectivity index (χ2n) is 17.7. The Morgan fingerprint density at radius 1 is 0.569 bits per heavy atom. The van der Waals surface area contributed by atoms with Crippen molar-refractivity contribution < 1.29 is 78.6 Å². The Kier molecular flexibility index (Phi) is 26.5. The standard InChI is InChI=1S/C47H69N9O16/c57-38(28-55(19-17-48-26-40(60)61)21-22-56(29-42(64)65)20-18-49-27-41(62)63)51-25-30-8-12-33(13-9-30)43(66)52-37(24-31-10-11-32-5-1-2-6-34(32)23-31)44(67)50-16-4-3-7-35(45(68)69)53-47(72)54-36(46(70)71)14-15-39(58)59/h1-2,5-6,10-11,23,30,33,35-37,48-49H,3-4,7-9,12-22,24-29H2,(H,50,67)(H,51,57)(H,52,66)(H,58,59)(H,60,61)(H,62,63)(H,64,65)(H,68,69)(H,70,71)(H2,53,54,72)/t30?,33?,35-,36-,37?/m0/s1. The quantitative estimate of drug-likeness (QED) is 0.0371. The van der Waals surface area contributed by atoms with Crippen molar-refractivity contribution in [3.63, 3.8) is 0 Å². The van der Waals surface area contributed by atoms with Crippen molar-refractivity contribution in [2.24, 2.45) is 11.8 Å². The molecule has 0 saturated heterocycles. The molecule has 13 N–H and O–H groups in total. The third-order valence-electron chi connectivity index (χ3n) is 12.0. The average molecular weight is 1020 g/mol. The average Bonchev–Trinajstić information content (AvgIpc) is 3.32. The number of fused-ring (bicyclic) bond motifs is 1. The molecule has 2 aromatic carbocycles. The molecule has 3 rings (SSSR count). The van der Waals surface area contributed by atoms with Gasteiger partial charge in [0.05, 0.1) is 26.2 Å². The first-order valence-electron chi connectivity index (χ1n) is 23.9. The minimum Gasteiger partial charge on any atom is -0.481 e. The van der Waals surface area contributed by atoms with Gasteiger partial charge in [0.25, 0.3) is 0 Å². The molecule has 1 fully saturated rings. The zero-order valence-electron chi connectivity index (χ0n) is 40.1. The third-order valence-corrected chi connectivity index (χ3v) is 12.0. The fourth-order valence-corrected chi connectivity index (χ4v) is 8.07. The Bertz CT molecular complexity index is 2150. The monoisotopic (exact) mass is 1020 g/mol. The van der Waals surface area contributed by atoms with Crippen LogP contribution in [-0.2, 0) is 49.6 Å². The van der Waals surface area contributed by atoms with Gasteiger partial charge in [-0.25, -0.2) is 14.4 Å². The van der Waals surface area contributed by atoms with Crippen LogP contribution in [0, 0.1) is 11.8 Å². The molecular formula is C47H69N9O16. The first-order chi connectivity index (χ1) is 34.3. The number of nitrogens with one attached hydrogen (secondary N) is 7. The van der Waals surface area contributed by atoms with Crippen LogP contribution in [-0.4, -0.2) is 197 Å². The topological polar surface area (TPSA) is 383 Å². The highest BCUT2D eigenvalue weighted by molar-refractivity contribution is 5.89. The van der Waals surface area contributed by atoms with Gasteiger partial charge in [0.2, 0.25) is 17.7 Å². The van der Waals surface area contributed by atoms with Gasteiger partial charge in [-0.05, 0) is 73.6 Å². The highest BCUT2D eigenvalue weighted by atomic mass is 16.4. The summed E-state index contributed by atoms with van der Waals surface area (Å²) in [5.41, 5.74) is 0.799. The van der Waals surface area contributed by atoms with E-state index in [2.05, 4.69) is 37.2 Å². The molecule has 1 saturated carbocycles. The number of urea groups is 1. The van der Waals surface area contributed by atoms with E-state index in [1.165, 1.54) is 0 Å². The number of carbonyl (C=O) groups is 10. The molecule has 1 aliphatic rings. The van der Waals surface area contributed by atoms with E-state index in [9.17, 15) is 63.3 Å². The van der Waals surface area contributed by atoms with Gasteiger partial charge < -0.3 is 67.9 Å². The molecule has 25 heteroatoms. The maximum absolute atomic E-state index is 13.8. The SMILES string of the molecule is O=C(O)CC[C@H](NC(=O)N[C@@H](CCCCNC(=O)C(Cc1ccc2ccccc2c1)NC(=O)C1CCC(CNC(=O)CN(CCNCC(=O)O)CCN(CCNCC(=O)O)CC(=O)O)CC1)C(=O)O)C(=O)O. The van der Waals surface area contributed by atoms with Gasteiger partial charge in [-0.3, -0.25) is 43.4 Å². The van der Waals surface area contributed by atoms with Gasteiger partial charge in [0.1, 0.15) is 18.1 Å².